The number of carboxylic acids is 1. The largest absolute Gasteiger partial charge is 0.479 e. The Labute approximate surface area is 157 Å². The van der Waals surface area contributed by atoms with Gasteiger partial charge in [0.2, 0.25) is 11.5 Å². The standard InChI is InChI=1S/C19H24N2O6/c1-18(2,3)19(26,17(24)25)15-16(23)21(9-10-27-15)13-6-4-5-12-11(13)7-8-14(22)20-12/h4-6,15,26H,7-10H2,1-3H3,(H,20,22)(H,24,25)/t15?,19-/m1/s1. The molecular weight excluding hydrogens is 352 g/mol. The van der Waals surface area contributed by atoms with Gasteiger partial charge in [0.25, 0.3) is 5.91 Å². The highest BCUT2D eigenvalue weighted by Crippen LogP contribution is 2.39. The molecule has 2 aliphatic heterocycles. The second kappa shape index (κ2) is 6.61. The number of aliphatic carboxylic acids is 1. The minimum Gasteiger partial charge on any atom is -0.479 e. The third-order valence-corrected chi connectivity index (χ3v) is 5.26. The Kier molecular flexibility index (Phi) is 4.73. The molecule has 146 valence electrons. The van der Waals surface area contributed by atoms with Crippen molar-refractivity contribution >= 4 is 29.2 Å². The van der Waals surface area contributed by atoms with Crippen LogP contribution in [0.5, 0.6) is 0 Å². The van der Waals surface area contributed by atoms with Gasteiger partial charge in [-0.15, -0.1) is 0 Å². The molecule has 0 aliphatic carbocycles. The molecule has 1 unspecified atom stereocenters. The van der Waals surface area contributed by atoms with E-state index < -0.39 is 29.0 Å². The number of carbonyl (C=O) groups is 3. The molecule has 2 amide bonds. The number of nitrogens with one attached hydrogen (secondary N) is 1. The van der Waals surface area contributed by atoms with Crippen LogP contribution in [0, 0.1) is 5.41 Å². The van der Waals surface area contributed by atoms with Crippen molar-refractivity contribution in [1.29, 1.82) is 0 Å². The van der Waals surface area contributed by atoms with Crippen molar-refractivity contribution in [2.24, 2.45) is 5.41 Å². The minimum absolute atomic E-state index is 0.0844. The summed E-state index contributed by atoms with van der Waals surface area (Å²) in [6, 6.07) is 5.25. The number of aliphatic hydroxyl groups is 1. The number of carboxylic acid groups (broad SMARTS) is 1. The molecule has 3 N–H and O–H groups in total. The Morgan fingerprint density at radius 3 is 2.59 bits per heavy atom. The Balaban J connectivity index is 2.01. The monoisotopic (exact) mass is 376 g/mol. The molecule has 0 saturated carbocycles. The summed E-state index contributed by atoms with van der Waals surface area (Å²) in [5.74, 6) is -2.19. The first-order valence-electron chi connectivity index (χ1n) is 8.88. The molecule has 1 aromatic rings. The van der Waals surface area contributed by atoms with E-state index in [1.165, 1.54) is 4.90 Å². The van der Waals surface area contributed by atoms with Crippen molar-refractivity contribution in [3.05, 3.63) is 23.8 Å². The van der Waals surface area contributed by atoms with E-state index in [0.29, 0.717) is 24.2 Å². The molecule has 0 radical (unpaired) electrons. The number of benzene rings is 1. The van der Waals surface area contributed by atoms with Gasteiger partial charge in [0.05, 0.1) is 6.61 Å². The number of anilines is 2. The zero-order chi connectivity index (χ0) is 20.0. The number of fused-ring (bicyclic) bond motifs is 1. The lowest BCUT2D eigenvalue weighted by Crippen LogP contribution is -2.66. The minimum atomic E-state index is -2.38. The molecule has 2 aliphatic rings. The van der Waals surface area contributed by atoms with Gasteiger partial charge in [0, 0.05) is 29.8 Å². The topological polar surface area (TPSA) is 116 Å². The zero-order valence-electron chi connectivity index (χ0n) is 15.6. The summed E-state index contributed by atoms with van der Waals surface area (Å²) in [5, 5.41) is 23.4. The van der Waals surface area contributed by atoms with Crippen molar-refractivity contribution in [1.82, 2.24) is 0 Å². The number of hydrogen-bond donors (Lipinski definition) is 3. The smallest absolute Gasteiger partial charge is 0.339 e. The van der Waals surface area contributed by atoms with E-state index in [0.717, 1.165) is 5.56 Å². The lowest BCUT2D eigenvalue weighted by Gasteiger charge is -2.45. The summed E-state index contributed by atoms with van der Waals surface area (Å²) in [4.78, 5) is 38.1. The highest BCUT2D eigenvalue weighted by Gasteiger charge is 2.59. The van der Waals surface area contributed by atoms with Gasteiger partial charge in [-0.2, -0.15) is 0 Å². The summed E-state index contributed by atoms with van der Waals surface area (Å²) in [6.45, 7) is 4.99. The number of amides is 2. The van der Waals surface area contributed by atoms with Crippen LogP contribution in [0.3, 0.4) is 0 Å². The van der Waals surface area contributed by atoms with Gasteiger partial charge in [-0.1, -0.05) is 26.8 Å². The molecule has 0 spiro atoms. The third kappa shape index (κ3) is 3.08. The van der Waals surface area contributed by atoms with E-state index in [9.17, 15) is 24.6 Å². The molecule has 0 bridgehead atoms. The Bertz CT molecular complexity index is 800. The van der Waals surface area contributed by atoms with E-state index in [2.05, 4.69) is 5.32 Å². The van der Waals surface area contributed by atoms with Crippen LogP contribution in [0.1, 0.15) is 32.8 Å². The molecule has 2 atom stereocenters. The predicted molar refractivity (Wildman–Crippen MR) is 97.5 cm³/mol. The molecular formula is C19H24N2O6. The zero-order valence-corrected chi connectivity index (χ0v) is 15.6. The van der Waals surface area contributed by atoms with Crippen LogP contribution in [0.15, 0.2) is 18.2 Å². The summed E-state index contributed by atoms with van der Waals surface area (Å²) in [6.07, 6.45) is -0.736. The maximum atomic E-state index is 13.2. The first-order chi connectivity index (χ1) is 12.6. The van der Waals surface area contributed by atoms with Crippen LogP contribution < -0.4 is 10.2 Å². The van der Waals surface area contributed by atoms with Crippen LogP contribution in [0.4, 0.5) is 11.4 Å². The molecule has 1 fully saturated rings. The van der Waals surface area contributed by atoms with Crippen LogP contribution in [0.2, 0.25) is 0 Å². The molecule has 0 aromatic heterocycles. The average Bonchev–Trinajstić information content (AvgIpc) is 2.59. The van der Waals surface area contributed by atoms with E-state index in [4.69, 9.17) is 4.74 Å². The Morgan fingerprint density at radius 1 is 1.26 bits per heavy atom. The molecule has 1 saturated heterocycles. The summed E-state index contributed by atoms with van der Waals surface area (Å²) < 4.78 is 5.46. The van der Waals surface area contributed by atoms with Gasteiger partial charge >= 0.3 is 5.97 Å². The lowest BCUT2D eigenvalue weighted by atomic mass is 9.72. The Hall–Kier alpha value is -2.45. The maximum absolute atomic E-state index is 13.2. The van der Waals surface area contributed by atoms with Crippen LogP contribution in [-0.2, 0) is 25.5 Å². The van der Waals surface area contributed by atoms with E-state index in [1.54, 1.807) is 39.0 Å². The van der Waals surface area contributed by atoms with Crippen molar-refractivity contribution in [3.8, 4) is 0 Å². The first-order valence-corrected chi connectivity index (χ1v) is 8.88. The summed E-state index contributed by atoms with van der Waals surface area (Å²) in [5.41, 5.74) is -1.45. The molecule has 2 heterocycles. The fourth-order valence-corrected chi connectivity index (χ4v) is 3.61. The number of rotatable bonds is 3. The third-order valence-electron chi connectivity index (χ3n) is 5.26. The van der Waals surface area contributed by atoms with Gasteiger partial charge in [-0.05, 0) is 24.1 Å². The normalized spacial score (nSPS) is 22.7. The van der Waals surface area contributed by atoms with Crippen molar-refractivity contribution in [2.75, 3.05) is 23.4 Å². The second-order valence-electron chi connectivity index (χ2n) is 7.91. The lowest BCUT2D eigenvalue weighted by molar-refractivity contribution is -0.203. The number of carbonyl (C=O) groups excluding carboxylic acids is 2. The fourth-order valence-electron chi connectivity index (χ4n) is 3.61. The van der Waals surface area contributed by atoms with Gasteiger partial charge in [-0.3, -0.25) is 9.59 Å². The van der Waals surface area contributed by atoms with Crippen LogP contribution in [0.25, 0.3) is 0 Å². The highest BCUT2D eigenvalue weighted by atomic mass is 16.5. The van der Waals surface area contributed by atoms with Gasteiger partial charge in [0.15, 0.2) is 6.10 Å². The number of nitrogens with zero attached hydrogens (tertiary/aromatic N) is 1. The quantitative estimate of drug-likeness (QED) is 0.729. The van der Waals surface area contributed by atoms with Gasteiger partial charge < -0.3 is 25.2 Å². The van der Waals surface area contributed by atoms with Crippen LogP contribution in [-0.4, -0.2) is 52.9 Å². The molecule has 3 rings (SSSR count). The SMILES string of the molecule is CC(C)(C)[C@](O)(C(=O)O)C1OCCN(c2cccc3c2CCC(=O)N3)C1=O. The summed E-state index contributed by atoms with van der Waals surface area (Å²) >= 11 is 0. The van der Waals surface area contributed by atoms with Crippen molar-refractivity contribution in [3.63, 3.8) is 0 Å². The average molecular weight is 376 g/mol. The van der Waals surface area contributed by atoms with Crippen molar-refractivity contribution < 1.29 is 29.3 Å². The molecule has 8 heteroatoms. The number of morpholine rings is 1. The fraction of sp³-hybridized carbons (Fsp3) is 0.526. The van der Waals surface area contributed by atoms with E-state index in [1.807, 2.05) is 0 Å². The summed E-state index contributed by atoms with van der Waals surface area (Å²) in [7, 11) is 0. The highest BCUT2D eigenvalue weighted by molar-refractivity contribution is 6.04. The predicted octanol–water partition coefficient (Wildman–Crippen LogP) is 1.16. The van der Waals surface area contributed by atoms with E-state index >= 15 is 0 Å². The molecule has 8 nitrogen and oxygen atoms in total. The van der Waals surface area contributed by atoms with Gasteiger partial charge in [0.1, 0.15) is 0 Å². The van der Waals surface area contributed by atoms with Gasteiger partial charge in [-0.25, -0.2) is 4.79 Å². The first kappa shape index (κ1) is 19.3. The number of hydrogen-bond acceptors (Lipinski definition) is 5. The Morgan fingerprint density at radius 2 is 1.96 bits per heavy atom. The van der Waals surface area contributed by atoms with Crippen LogP contribution >= 0.6 is 0 Å². The second-order valence-corrected chi connectivity index (χ2v) is 7.91. The molecule has 1 aromatic carbocycles. The van der Waals surface area contributed by atoms with Crippen molar-refractivity contribution in [2.45, 2.75) is 45.3 Å². The van der Waals surface area contributed by atoms with E-state index in [-0.39, 0.29) is 19.1 Å². The number of ether oxygens (including phenoxy) is 1. The molecule has 27 heavy (non-hydrogen) atoms. The maximum Gasteiger partial charge on any atom is 0.339 e.